The zero-order valence-electron chi connectivity index (χ0n) is 6.64. The summed E-state index contributed by atoms with van der Waals surface area (Å²) in [6, 6.07) is 1.15. The van der Waals surface area contributed by atoms with Crippen molar-refractivity contribution < 1.29 is 9.52 Å². The van der Waals surface area contributed by atoms with Crippen molar-refractivity contribution in [2.45, 2.75) is 13.0 Å². The second kappa shape index (κ2) is 3.80. The van der Waals surface area contributed by atoms with Crippen LogP contribution in [0, 0.1) is 6.92 Å². The van der Waals surface area contributed by atoms with Crippen LogP contribution in [0.5, 0.6) is 0 Å². The van der Waals surface area contributed by atoms with Gasteiger partial charge in [0.25, 0.3) is 0 Å². The second-order valence-electron chi connectivity index (χ2n) is 2.37. The van der Waals surface area contributed by atoms with Crippen molar-refractivity contribution in [1.82, 2.24) is 0 Å². The molecule has 1 unspecified atom stereocenters. The van der Waals surface area contributed by atoms with E-state index in [1.54, 1.807) is 6.07 Å². The summed E-state index contributed by atoms with van der Waals surface area (Å²) >= 11 is 0. The molecule has 0 saturated heterocycles. The molecule has 5 heteroatoms. The number of aliphatic hydroxyl groups is 1. The zero-order valence-corrected chi connectivity index (χ0v) is 6.64. The van der Waals surface area contributed by atoms with Crippen molar-refractivity contribution in [2.75, 3.05) is 6.61 Å². The average Bonchev–Trinajstić information content (AvgIpc) is 2.47. The summed E-state index contributed by atoms with van der Waals surface area (Å²) in [5.41, 5.74) is 9.04. The lowest BCUT2D eigenvalue weighted by molar-refractivity contribution is 0.251. The first kappa shape index (κ1) is 8.64. The number of azide groups is 1. The van der Waals surface area contributed by atoms with Gasteiger partial charge < -0.3 is 9.52 Å². The van der Waals surface area contributed by atoms with Crippen molar-refractivity contribution in [3.63, 3.8) is 0 Å². The lowest BCUT2D eigenvalue weighted by Crippen LogP contribution is -1.99. The zero-order chi connectivity index (χ0) is 8.97. The molecule has 0 amide bonds. The Morgan fingerprint density at radius 3 is 3.00 bits per heavy atom. The first-order valence-corrected chi connectivity index (χ1v) is 3.48. The molecule has 0 radical (unpaired) electrons. The predicted molar refractivity (Wildman–Crippen MR) is 42.4 cm³/mol. The van der Waals surface area contributed by atoms with E-state index in [0.717, 1.165) is 5.56 Å². The van der Waals surface area contributed by atoms with Gasteiger partial charge in [0.1, 0.15) is 11.8 Å². The number of hydrogen-bond acceptors (Lipinski definition) is 3. The summed E-state index contributed by atoms with van der Waals surface area (Å²) < 4.78 is 5.04. The highest BCUT2D eigenvalue weighted by Gasteiger charge is 2.13. The highest BCUT2D eigenvalue weighted by atomic mass is 16.3. The van der Waals surface area contributed by atoms with Crippen LogP contribution in [0.2, 0.25) is 0 Å². The molecule has 1 atom stereocenters. The Morgan fingerprint density at radius 2 is 2.58 bits per heavy atom. The molecule has 0 bridgehead atoms. The van der Waals surface area contributed by atoms with Crippen LogP contribution in [0.4, 0.5) is 0 Å². The van der Waals surface area contributed by atoms with Gasteiger partial charge in [0, 0.05) is 4.91 Å². The second-order valence-corrected chi connectivity index (χ2v) is 2.37. The normalized spacial score (nSPS) is 12.2. The van der Waals surface area contributed by atoms with E-state index in [1.165, 1.54) is 6.26 Å². The Balaban J connectivity index is 2.93. The average molecular weight is 167 g/mol. The fourth-order valence-corrected chi connectivity index (χ4v) is 0.960. The number of furan rings is 1. The van der Waals surface area contributed by atoms with E-state index in [2.05, 4.69) is 10.0 Å². The Kier molecular flexibility index (Phi) is 2.74. The number of hydrogen-bond donors (Lipinski definition) is 1. The standard InChI is InChI=1S/C7H9N3O2/c1-5-2-3-12-7(5)6(4-11)9-10-8/h2-3,6,11H,4H2,1H3. The maximum Gasteiger partial charge on any atom is 0.119 e. The van der Waals surface area contributed by atoms with Gasteiger partial charge in [0.2, 0.25) is 0 Å². The van der Waals surface area contributed by atoms with E-state index in [1.807, 2.05) is 6.92 Å². The summed E-state index contributed by atoms with van der Waals surface area (Å²) in [5, 5.41) is 12.2. The van der Waals surface area contributed by atoms with Gasteiger partial charge in [-0.25, -0.2) is 0 Å². The molecule has 0 aliphatic heterocycles. The fraction of sp³-hybridized carbons (Fsp3) is 0.429. The van der Waals surface area contributed by atoms with Gasteiger partial charge in [0.05, 0.1) is 12.9 Å². The van der Waals surface area contributed by atoms with Gasteiger partial charge in [0.15, 0.2) is 0 Å². The smallest absolute Gasteiger partial charge is 0.119 e. The summed E-state index contributed by atoms with van der Waals surface area (Å²) in [5.74, 6) is 0.523. The van der Waals surface area contributed by atoms with Crippen LogP contribution in [0.3, 0.4) is 0 Å². The molecule has 1 N–H and O–H groups in total. The summed E-state index contributed by atoms with van der Waals surface area (Å²) in [6.45, 7) is 1.59. The molecule has 1 rings (SSSR count). The third kappa shape index (κ3) is 1.58. The highest BCUT2D eigenvalue weighted by molar-refractivity contribution is 5.18. The number of aliphatic hydroxyl groups excluding tert-OH is 1. The largest absolute Gasteiger partial charge is 0.469 e. The van der Waals surface area contributed by atoms with Crippen LogP contribution < -0.4 is 0 Å². The van der Waals surface area contributed by atoms with Crippen LogP contribution in [0.25, 0.3) is 10.4 Å². The lowest BCUT2D eigenvalue weighted by Gasteiger charge is -2.03. The monoisotopic (exact) mass is 167 g/mol. The Bertz CT molecular complexity index is 301. The molecule has 1 heterocycles. The summed E-state index contributed by atoms with van der Waals surface area (Å²) in [6.07, 6.45) is 1.50. The van der Waals surface area contributed by atoms with Crippen LogP contribution >= 0.6 is 0 Å². The molecule has 0 aliphatic rings. The van der Waals surface area contributed by atoms with Crippen LogP contribution in [0.1, 0.15) is 17.4 Å². The van der Waals surface area contributed by atoms with Crippen molar-refractivity contribution in [3.8, 4) is 0 Å². The molecule has 1 aromatic heterocycles. The first-order chi connectivity index (χ1) is 5.79. The van der Waals surface area contributed by atoms with Gasteiger partial charge in [-0.1, -0.05) is 5.11 Å². The predicted octanol–water partition coefficient (Wildman–Crippen LogP) is 1.93. The lowest BCUT2D eigenvalue weighted by atomic mass is 10.2. The van der Waals surface area contributed by atoms with E-state index in [0.29, 0.717) is 5.76 Å². The van der Waals surface area contributed by atoms with E-state index >= 15 is 0 Å². The SMILES string of the molecule is Cc1ccoc1C(CO)N=[N+]=[N-]. The number of nitrogens with zero attached hydrogens (tertiary/aromatic N) is 3. The molecule has 0 aromatic carbocycles. The van der Waals surface area contributed by atoms with Crippen LogP contribution in [0.15, 0.2) is 21.9 Å². The molecule has 0 spiro atoms. The molecular weight excluding hydrogens is 158 g/mol. The van der Waals surface area contributed by atoms with E-state index < -0.39 is 6.04 Å². The molecule has 12 heavy (non-hydrogen) atoms. The maximum absolute atomic E-state index is 8.83. The molecule has 64 valence electrons. The van der Waals surface area contributed by atoms with Crippen LogP contribution in [-0.4, -0.2) is 11.7 Å². The molecule has 5 nitrogen and oxygen atoms in total. The van der Waals surface area contributed by atoms with Gasteiger partial charge in [-0.15, -0.1) is 0 Å². The Morgan fingerprint density at radius 1 is 1.83 bits per heavy atom. The van der Waals surface area contributed by atoms with Gasteiger partial charge >= 0.3 is 0 Å². The Hall–Kier alpha value is -1.45. The minimum Gasteiger partial charge on any atom is -0.469 e. The van der Waals surface area contributed by atoms with Crippen molar-refractivity contribution in [1.29, 1.82) is 0 Å². The maximum atomic E-state index is 8.83. The van der Waals surface area contributed by atoms with Gasteiger partial charge in [-0.05, 0) is 24.1 Å². The van der Waals surface area contributed by atoms with E-state index in [-0.39, 0.29) is 6.61 Å². The van der Waals surface area contributed by atoms with Crippen LogP contribution in [-0.2, 0) is 0 Å². The first-order valence-electron chi connectivity index (χ1n) is 3.48. The highest BCUT2D eigenvalue weighted by Crippen LogP contribution is 2.21. The molecule has 1 aromatic rings. The topological polar surface area (TPSA) is 82.1 Å². The van der Waals surface area contributed by atoms with E-state index in [9.17, 15) is 0 Å². The minimum absolute atomic E-state index is 0.238. The Labute approximate surface area is 69.2 Å². The minimum atomic E-state index is -0.606. The van der Waals surface area contributed by atoms with Crippen molar-refractivity contribution in [3.05, 3.63) is 34.1 Å². The number of rotatable bonds is 3. The van der Waals surface area contributed by atoms with Gasteiger partial charge in [-0.3, -0.25) is 0 Å². The molecular formula is C7H9N3O2. The third-order valence-corrected chi connectivity index (χ3v) is 1.57. The van der Waals surface area contributed by atoms with Gasteiger partial charge in [-0.2, -0.15) is 0 Å². The van der Waals surface area contributed by atoms with E-state index in [4.69, 9.17) is 15.1 Å². The molecule has 0 aliphatic carbocycles. The molecule has 0 fully saturated rings. The van der Waals surface area contributed by atoms with Crippen molar-refractivity contribution in [2.24, 2.45) is 5.11 Å². The fourth-order valence-electron chi connectivity index (χ4n) is 0.960. The number of aryl methyl sites for hydroxylation is 1. The molecule has 0 saturated carbocycles. The summed E-state index contributed by atoms with van der Waals surface area (Å²) in [7, 11) is 0. The summed E-state index contributed by atoms with van der Waals surface area (Å²) in [4.78, 5) is 2.61. The van der Waals surface area contributed by atoms with Crippen molar-refractivity contribution >= 4 is 0 Å². The third-order valence-electron chi connectivity index (χ3n) is 1.57. The quantitative estimate of drug-likeness (QED) is 0.424.